The molecule has 0 saturated heterocycles. The molecule has 0 aliphatic heterocycles. The van der Waals surface area contributed by atoms with Crippen LogP contribution in [0.2, 0.25) is 0 Å². The molecule has 0 aromatic rings. The van der Waals surface area contributed by atoms with Gasteiger partial charge in [-0.15, -0.1) is 0 Å². The molecule has 2 rings (SSSR count). The second-order valence-corrected chi connectivity index (χ2v) is 5.70. The summed E-state index contributed by atoms with van der Waals surface area (Å²) in [4.78, 5) is 0. The van der Waals surface area contributed by atoms with E-state index in [1.165, 1.54) is 19.3 Å². The van der Waals surface area contributed by atoms with E-state index in [1.54, 1.807) is 0 Å². The molecule has 1 heteroatoms. The van der Waals surface area contributed by atoms with Gasteiger partial charge in [0.25, 0.3) is 0 Å². The van der Waals surface area contributed by atoms with Gasteiger partial charge in [0.1, 0.15) is 0 Å². The fourth-order valence-corrected chi connectivity index (χ4v) is 3.99. The predicted molar refractivity (Wildman–Crippen MR) is 51.8 cm³/mol. The highest BCUT2D eigenvalue weighted by atomic mass is 14.7. The normalized spacial score (nSPS) is 50.0. The van der Waals surface area contributed by atoms with Crippen molar-refractivity contribution in [2.75, 3.05) is 6.54 Å². The van der Waals surface area contributed by atoms with Gasteiger partial charge in [0.15, 0.2) is 0 Å². The predicted octanol–water partition coefficient (Wildman–Crippen LogP) is 2.41. The van der Waals surface area contributed by atoms with Crippen molar-refractivity contribution < 1.29 is 0 Å². The summed E-state index contributed by atoms with van der Waals surface area (Å²) in [6.45, 7) is 8.17. The fourth-order valence-electron chi connectivity index (χ4n) is 3.99. The molecule has 0 spiro atoms. The maximum atomic E-state index is 5.88. The summed E-state index contributed by atoms with van der Waals surface area (Å²) in [6, 6.07) is 0. The molecule has 1 nitrogen and oxygen atoms in total. The Morgan fingerprint density at radius 3 is 2.33 bits per heavy atom. The van der Waals surface area contributed by atoms with Crippen LogP contribution in [0.5, 0.6) is 0 Å². The van der Waals surface area contributed by atoms with Gasteiger partial charge in [-0.05, 0) is 48.5 Å². The lowest BCUT2D eigenvalue weighted by atomic mass is 9.64. The summed E-state index contributed by atoms with van der Waals surface area (Å²) in [5, 5.41) is 0. The van der Waals surface area contributed by atoms with Gasteiger partial charge >= 0.3 is 0 Å². The Labute approximate surface area is 75.7 Å². The quantitative estimate of drug-likeness (QED) is 0.637. The highest BCUT2D eigenvalue weighted by Crippen LogP contribution is 2.65. The zero-order valence-electron chi connectivity index (χ0n) is 8.56. The monoisotopic (exact) mass is 167 g/mol. The molecule has 12 heavy (non-hydrogen) atoms. The number of fused-ring (bicyclic) bond motifs is 2. The van der Waals surface area contributed by atoms with Crippen LogP contribution >= 0.6 is 0 Å². The Morgan fingerprint density at radius 2 is 2.00 bits per heavy atom. The first-order valence-electron chi connectivity index (χ1n) is 5.21. The third-order valence-electron chi connectivity index (χ3n) is 4.80. The third-order valence-corrected chi connectivity index (χ3v) is 4.80. The molecule has 2 aliphatic carbocycles. The fraction of sp³-hybridized carbons (Fsp3) is 1.00. The topological polar surface area (TPSA) is 26.0 Å². The largest absolute Gasteiger partial charge is 0.330 e. The summed E-state index contributed by atoms with van der Waals surface area (Å²) < 4.78 is 0. The van der Waals surface area contributed by atoms with E-state index < -0.39 is 0 Å². The average molecular weight is 167 g/mol. The van der Waals surface area contributed by atoms with Crippen molar-refractivity contribution in [3.05, 3.63) is 0 Å². The number of nitrogens with two attached hydrogens (primary N) is 1. The minimum Gasteiger partial charge on any atom is -0.330 e. The van der Waals surface area contributed by atoms with Crippen molar-refractivity contribution in [2.24, 2.45) is 28.4 Å². The van der Waals surface area contributed by atoms with Gasteiger partial charge in [0.05, 0.1) is 0 Å². The first-order chi connectivity index (χ1) is 5.50. The Bertz CT molecular complexity index is 192. The van der Waals surface area contributed by atoms with Gasteiger partial charge in [0, 0.05) is 0 Å². The molecule has 2 saturated carbocycles. The summed E-state index contributed by atoms with van der Waals surface area (Å²) in [6.07, 6.45) is 4.30. The minimum atomic E-state index is 0.516. The molecule has 0 radical (unpaired) electrons. The molecule has 0 heterocycles. The second-order valence-electron chi connectivity index (χ2n) is 5.70. The lowest BCUT2D eigenvalue weighted by Gasteiger charge is -2.42. The van der Waals surface area contributed by atoms with Crippen LogP contribution in [0.4, 0.5) is 0 Å². The zero-order chi connectivity index (χ0) is 8.98. The zero-order valence-corrected chi connectivity index (χ0v) is 8.56. The van der Waals surface area contributed by atoms with E-state index in [9.17, 15) is 0 Å². The molecular formula is C11H21N. The molecule has 2 bridgehead atoms. The van der Waals surface area contributed by atoms with Gasteiger partial charge in [-0.25, -0.2) is 0 Å². The van der Waals surface area contributed by atoms with Crippen molar-refractivity contribution in [3.63, 3.8) is 0 Å². The smallest absolute Gasteiger partial charge is 0.00384 e. The van der Waals surface area contributed by atoms with Gasteiger partial charge < -0.3 is 5.73 Å². The Hall–Kier alpha value is -0.0400. The molecule has 70 valence electrons. The third kappa shape index (κ3) is 0.834. The van der Waals surface area contributed by atoms with Crippen molar-refractivity contribution in [1.82, 2.24) is 0 Å². The molecule has 0 amide bonds. The molecule has 0 aromatic carbocycles. The molecule has 3 unspecified atom stereocenters. The van der Waals surface area contributed by atoms with Gasteiger partial charge in [-0.1, -0.05) is 20.8 Å². The standard InChI is InChI=1S/C11H21N/c1-10(2)8-4-5-11(3,6-8)9(10)7-12/h8-9H,4-7,12H2,1-3H3. The Morgan fingerprint density at radius 1 is 1.33 bits per heavy atom. The van der Waals surface area contributed by atoms with Crippen LogP contribution in [0, 0.1) is 22.7 Å². The molecule has 0 aromatic heterocycles. The van der Waals surface area contributed by atoms with E-state index in [0.29, 0.717) is 10.8 Å². The first-order valence-corrected chi connectivity index (χ1v) is 5.21. The van der Waals surface area contributed by atoms with Crippen molar-refractivity contribution in [3.8, 4) is 0 Å². The lowest BCUT2D eigenvalue weighted by Crippen LogP contribution is -2.39. The van der Waals surface area contributed by atoms with Gasteiger partial charge in [0.2, 0.25) is 0 Å². The van der Waals surface area contributed by atoms with Gasteiger partial charge in [-0.2, -0.15) is 0 Å². The van der Waals surface area contributed by atoms with E-state index in [1.807, 2.05) is 0 Å². The van der Waals surface area contributed by atoms with E-state index in [4.69, 9.17) is 5.73 Å². The molecule has 2 fully saturated rings. The van der Waals surface area contributed by atoms with Crippen LogP contribution in [0.25, 0.3) is 0 Å². The minimum absolute atomic E-state index is 0.516. The van der Waals surface area contributed by atoms with Crippen LogP contribution in [0.15, 0.2) is 0 Å². The SMILES string of the molecule is CC12CCC(C1)C(C)(C)C2CN. The van der Waals surface area contributed by atoms with Crippen molar-refractivity contribution in [1.29, 1.82) is 0 Å². The Balaban J connectivity index is 2.31. The average Bonchev–Trinajstić information content (AvgIpc) is 2.39. The maximum Gasteiger partial charge on any atom is -0.00384 e. The summed E-state index contributed by atoms with van der Waals surface area (Å²) in [5.41, 5.74) is 6.98. The Kier molecular flexibility index (Phi) is 1.61. The van der Waals surface area contributed by atoms with E-state index >= 15 is 0 Å². The highest BCUT2D eigenvalue weighted by molar-refractivity contribution is 5.08. The highest BCUT2D eigenvalue weighted by Gasteiger charge is 2.58. The second kappa shape index (κ2) is 2.25. The maximum absolute atomic E-state index is 5.88. The molecule has 2 N–H and O–H groups in total. The number of hydrogen-bond donors (Lipinski definition) is 1. The van der Waals surface area contributed by atoms with E-state index in [0.717, 1.165) is 18.4 Å². The molecule has 2 aliphatic rings. The van der Waals surface area contributed by atoms with E-state index in [2.05, 4.69) is 20.8 Å². The number of rotatable bonds is 1. The van der Waals surface area contributed by atoms with Crippen molar-refractivity contribution in [2.45, 2.75) is 40.0 Å². The summed E-state index contributed by atoms with van der Waals surface area (Å²) in [7, 11) is 0. The summed E-state index contributed by atoms with van der Waals surface area (Å²) >= 11 is 0. The van der Waals surface area contributed by atoms with Crippen molar-refractivity contribution >= 4 is 0 Å². The molecule has 3 atom stereocenters. The van der Waals surface area contributed by atoms with Crippen LogP contribution in [0.3, 0.4) is 0 Å². The molecular weight excluding hydrogens is 146 g/mol. The van der Waals surface area contributed by atoms with Crippen LogP contribution in [0.1, 0.15) is 40.0 Å². The van der Waals surface area contributed by atoms with Crippen LogP contribution < -0.4 is 5.73 Å². The van der Waals surface area contributed by atoms with Crippen LogP contribution in [-0.4, -0.2) is 6.54 Å². The summed E-state index contributed by atoms with van der Waals surface area (Å²) in [5.74, 6) is 1.72. The first kappa shape index (κ1) is 8.55. The van der Waals surface area contributed by atoms with E-state index in [-0.39, 0.29) is 0 Å². The number of hydrogen-bond acceptors (Lipinski definition) is 1. The lowest BCUT2D eigenvalue weighted by molar-refractivity contribution is 0.0817. The van der Waals surface area contributed by atoms with Gasteiger partial charge in [-0.3, -0.25) is 0 Å². The van der Waals surface area contributed by atoms with Crippen LogP contribution in [-0.2, 0) is 0 Å².